The molecule has 66 valence electrons. The van der Waals surface area contributed by atoms with Gasteiger partial charge in [-0.15, -0.1) is 0 Å². The van der Waals surface area contributed by atoms with Gasteiger partial charge in [0, 0.05) is 34.1 Å². The number of hydrogen-bond donors (Lipinski definition) is 0. The summed E-state index contributed by atoms with van der Waals surface area (Å²) in [7, 11) is 5.66. The van der Waals surface area contributed by atoms with Gasteiger partial charge in [0.2, 0.25) is 0 Å². The number of anilines is 1. The zero-order valence-electron chi connectivity index (χ0n) is 7.83. The van der Waals surface area contributed by atoms with Gasteiger partial charge in [0.25, 0.3) is 0 Å². The molecule has 0 aliphatic carbocycles. The number of nitrogens with zero attached hydrogens (tertiary/aromatic N) is 3. The summed E-state index contributed by atoms with van der Waals surface area (Å²) >= 11 is 0. The fourth-order valence-electron chi connectivity index (χ4n) is 1.05. The predicted octanol–water partition coefficient (Wildman–Crippen LogP) is 0.689. The number of aromatic nitrogens is 2. The fourth-order valence-corrected chi connectivity index (χ4v) is 1.05. The van der Waals surface area contributed by atoms with Gasteiger partial charge in [-0.2, -0.15) is 5.10 Å². The minimum absolute atomic E-state index is 0.00120. The first-order valence-corrected chi connectivity index (χ1v) is 3.74. The van der Waals surface area contributed by atoms with Crippen LogP contribution in [0.1, 0.15) is 17.4 Å². The molecule has 0 atom stereocenters. The summed E-state index contributed by atoms with van der Waals surface area (Å²) in [5.41, 5.74) is 0.515. The van der Waals surface area contributed by atoms with Gasteiger partial charge in [-0.05, 0) is 0 Å². The fraction of sp³-hybridized carbons (Fsp3) is 0.500. The third-order valence-electron chi connectivity index (χ3n) is 1.67. The molecular formula is C8H13N3O. The van der Waals surface area contributed by atoms with Gasteiger partial charge in [-0.1, -0.05) is 0 Å². The van der Waals surface area contributed by atoms with Crippen molar-refractivity contribution in [2.24, 2.45) is 7.05 Å². The first-order chi connectivity index (χ1) is 5.52. The third-order valence-corrected chi connectivity index (χ3v) is 1.67. The molecule has 0 aliphatic rings. The standard InChI is InChI=1S/C8H13N3O/c1-6(12)7-5-8(10(2)3)11(4)9-7/h5H,1-4H3. The summed E-state index contributed by atoms with van der Waals surface area (Å²) in [4.78, 5) is 12.9. The van der Waals surface area contributed by atoms with E-state index in [4.69, 9.17) is 0 Å². The van der Waals surface area contributed by atoms with E-state index < -0.39 is 0 Å². The highest BCUT2D eigenvalue weighted by atomic mass is 16.1. The van der Waals surface area contributed by atoms with Gasteiger partial charge in [-0.3, -0.25) is 9.48 Å². The topological polar surface area (TPSA) is 38.1 Å². The quantitative estimate of drug-likeness (QED) is 0.608. The monoisotopic (exact) mass is 167 g/mol. The molecule has 12 heavy (non-hydrogen) atoms. The van der Waals surface area contributed by atoms with Gasteiger partial charge in [0.15, 0.2) is 5.78 Å². The second kappa shape index (κ2) is 2.97. The highest BCUT2D eigenvalue weighted by molar-refractivity contribution is 5.92. The summed E-state index contributed by atoms with van der Waals surface area (Å²) in [5, 5.41) is 4.06. The lowest BCUT2D eigenvalue weighted by molar-refractivity contribution is 0.101. The zero-order chi connectivity index (χ0) is 9.30. The molecule has 0 radical (unpaired) electrons. The van der Waals surface area contributed by atoms with Crippen LogP contribution < -0.4 is 4.90 Å². The Labute approximate surface area is 71.8 Å². The Kier molecular flexibility index (Phi) is 2.17. The van der Waals surface area contributed by atoms with Gasteiger partial charge in [0.05, 0.1) is 0 Å². The molecule has 0 aliphatic heterocycles. The van der Waals surface area contributed by atoms with Crippen LogP contribution in [0.3, 0.4) is 0 Å². The Morgan fingerprint density at radius 3 is 2.42 bits per heavy atom. The minimum atomic E-state index is -0.00120. The third kappa shape index (κ3) is 1.47. The molecule has 0 N–H and O–H groups in total. The van der Waals surface area contributed by atoms with Crippen LogP contribution in [0.25, 0.3) is 0 Å². The van der Waals surface area contributed by atoms with Crippen molar-refractivity contribution in [3.63, 3.8) is 0 Å². The summed E-state index contributed by atoms with van der Waals surface area (Å²) in [6, 6.07) is 1.78. The first-order valence-electron chi connectivity index (χ1n) is 3.74. The first kappa shape index (κ1) is 8.77. The van der Waals surface area contributed by atoms with Crippen LogP contribution in [0.15, 0.2) is 6.07 Å². The van der Waals surface area contributed by atoms with E-state index in [-0.39, 0.29) is 5.78 Å². The van der Waals surface area contributed by atoms with Crippen molar-refractivity contribution in [1.29, 1.82) is 0 Å². The molecule has 4 nitrogen and oxygen atoms in total. The SMILES string of the molecule is CC(=O)c1cc(N(C)C)n(C)n1. The summed E-state index contributed by atoms with van der Waals surface area (Å²) in [6.45, 7) is 1.52. The molecule has 1 heterocycles. The molecule has 1 aromatic rings. The van der Waals surface area contributed by atoms with Gasteiger partial charge >= 0.3 is 0 Å². The number of carbonyl (C=O) groups excluding carboxylic acids is 1. The van der Waals surface area contributed by atoms with Crippen LogP contribution >= 0.6 is 0 Å². The Morgan fingerprint density at radius 1 is 1.58 bits per heavy atom. The second-order valence-corrected chi connectivity index (χ2v) is 2.96. The van der Waals surface area contributed by atoms with Crippen LogP contribution in [0.2, 0.25) is 0 Å². The number of hydrogen-bond acceptors (Lipinski definition) is 3. The molecule has 0 bridgehead atoms. The zero-order valence-corrected chi connectivity index (χ0v) is 7.83. The molecule has 0 unspecified atom stereocenters. The maximum atomic E-state index is 10.9. The summed E-state index contributed by atoms with van der Waals surface area (Å²) in [5.74, 6) is 0.930. The molecule has 1 aromatic heterocycles. The lowest BCUT2D eigenvalue weighted by atomic mass is 10.3. The Balaban J connectivity index is 3.09. The molecule has 1 rings (SSSR count). The number of aryl methyl sites for hydroxylation is 1. The number of ketones is 1. The van der Waals surface area contributed by atoms with Crippen LogP contribution in [0.5, 0.6) is 0 Å². The van der Waals surface area contributed by atoms with Crippen LogP contribution in [0.4, 0.5) is 5.82 Å². The molecule has 0 fully saturated rings. The van der Waals surface area contributed by atoms with Gasteiger partial charge in [-0.25, -0.2) is 0 Å². The maximum Gasteiger partial charge on any atom is 0.180 e. The van der Waals surface area contributed by atoms with E-state index in [1.165, 1.54) is 6.92 Å². The molecule has 0 saturated carbocycles. The normalized spacial score (nSPS) is 10.0. The summed E-state index contributed by atoms with van der Waals surface area (Å²) in [6.07, 6.45) is 0. The van der Waals surface area contributed by atoms with Crippen LogP contribution in [0, 0.1) is 0 Å². The van der Waals surface area contributed by atoms with E-state index >= 15 is 0 Å². The van der Waals surface area contributed by atoms with Crippen molar-refractivity contribution in [2.75, 3.05) is 19.0 Å². The Morgan fingerprint density at radius 2 is 2.17 bits per heavy atom. The van der Waals surface area contributed by atoms with Crippen molar-refractivity contribution in [2.45, 2.75) is 6.92 Å². The predicted molar refractivity (Wildman–Crippen MR) is 47.5 cm³/mol. The van der Waals surface area contributed by atoms with E-state index in [9.17, 15) is 4.79 Å². The van der Waals surface area contributed by atoms with Crippen molar-refractivity contribution in [3.05, 3.63) is 11.8 Å². The van der Waals surface area contributed by atoms with E-state index in [1.54, 1.807) is 10.7 Å². The molecule has 0 amide bonds. The molecular weight excluding hydrogens is 154 g/mol. The molecule has 0 saturated heterocycles. The summed E-state index contributed by atoms with van der Waals surface area (Å²) < 4.78 is 1.69. The average molecular weight is 167 g/mol. The maximum absolute atomic E-state index is 10.9. The van der Waals surface area contributed by atoms with E-state index in [0.29, 0.717) is 5.69 Å². The number of Topliss-reactive ketones (excluding diaryl/α,β-unsaturated/α-hetero) is 1. The molecule has 4 heteroatoms. The van der Waals surface area contributed by atoms with Crippen LogP contribution in [-0.4, -0.2) is 29.7 Å². The molecule has 0 spiro atoms. The van der Waals surface area contributed by atoms with Gasteiger partial charge in [0.1, 0.15) is 11.5 Å². The minimum Gasteiger partial charge on any atom is -0.363 e. The van der Waals surface area contributed by atoms with E-state index in [0.717, 1.165) is 5.82 Å². The van der Waals surface area contributed by atoms with Crippen molar-refractivity contribution >= 4 is 11.6 Å². The average Bonchev–Trinajstić information content (AvgIpc) is 2.30. The van der Waals surface area contributed by atoms with E-state index in [1.807, 2.05) is 26.0 Å². The highest BCUT2D eigenvalue weighted by Gasteiger charge is 2.08. The van der Waals surface area contributed by atoms with Crippen molar-refractivity contribution < 1.29 is 4.79 Å². The number of rotatable bonds is 2. The van der Waals surface area contributed by atoms with Crippen molar-refractivity contribution in [1.82, 2.24) is 9.78 Å². The number of carbonyl (C=O) groups is 1. The largest absolute Gasteiger partial charge is 0.363 e. The smallest absolute Gasteiger partial charge is 0.180 e. The highest BCUT2D eigenvalue weighted by Crippen LogP contribution is 2.11. The Hall–Kier alpha value is -1.32. The van der Waals surface area contributed by atoms with Crippen LogP contribution in [-0.2, 0) is 7.05 Å². The van der Waals surface area contributed by atoms with Crippen molar-refractivity contribution in [3.8, 4) is 0 Å². The lowest BCUT2D eigenvalue weighted by Crippen LogP contribution is -2.12. The second-order valence-electron chi connectivity index (χ2n) is 2.96. The Bertz CT molecular complexity index is 301. The molecule has 0 aromatic carbocycles. The lowest BCUT2D eigenvalue weighted by Gasteiger charge is -2.10. The van der Waals surface area contributed by atoms with E-state index in [2.05, 4.69) is 5.10 Å². The van der Waals surface area contributed by atoms with Gasteiger partial charge < -0.3 is 4.90 Å².